The van der Waals surface area contributed by atoms with Crippen molar-refractivity contribution in [2.45, 2.75) is 149 Å². The molecule has 56 heavy (non-hydrogen) atoms. The van der Waals surface area contributed by atoms with E-state index in [2.05, 4.69) is 33.9 Å². The minimum atomic E-state index is -1.89. The van der Waals surface area contributed by atoms with E-state index in [1.54, 1.807) is 16.9 Å². The zero-order valence-corrected chi connectivity index (χ0v) is 37.7. The van der Waals surface area contributed by atoms with Crippen LogP contribution in [0.2, 0.25) is 18.1 Å². The molecule has 3 aliphatic rings. The van der Waals surface area contributed by atoms with Gasteiger partial charge in [-0.15, -0.1) is 11.3 Å². The molecule has 1 aromatic heterocycles. The molecule has 14 heteroatoms. The van der Waals surface area contributed by atoms with Crippen LogP contribution in [0.15, 0.2) is 30.0 Å². The maximum absolute atomic E-state index is 15.4. The van der Waals surface area contributed by atoms with E-state index in [0.717, 1.165) is 45.2 Å². The number of carbonyl (C=O) groups excluding carboxylic acids is 3. The van der Waals surface area contributed by atoms with E-state index in [9.17, 15) is 9.59 Å². The first-order valence-corrected chi connectivity index (χ1v) is 23.5. The van der Waals surface area contributed by atoms with Crippen LogP contribution in [-0.4, -0.2) is 109 Å². The monoisotopic (exact) mass is 812 g/mol. The zero-order valence-electron chi connectivity index (χ0n) is 35.9. The molecule has 0 N–H and O–H groups in total. The Balaban J connectivity index is 1.53. The maximum atomic E-state index is 15.4. The summed E-state index contributed by atoms with van der Waals surface area (Å²) in [5, 5.41) is 0.899. The highest BCUT2D eigenvalue weighted by molar-refractivity contribution is 7.12. The molecule has 2 fully saturated rings. The number of fused-ring (bicyclic) bond motifs is 2. The standard InChI is InChI=1S/C42H64N4O8SSi/c1-27-28(15-14-16-33(27)50-11)23-45(29-17-18-29)37(47)36-31(34-22-43-35(55-34)26-51-19-20-52-56(12,13)42(8,9)10)21-30-24-44(38(48)53-40(2,3)4)25-32(36)46(30)39(49)54-41(5,6)7/h14-16,22,29-30,32H,17-21,23-26H2,1-13H3. The fourth-order valence-electron chi connectivity index (χ4n) is 6.87. The minimum absolute atomic E-state index is 0.0408. The molecule has 3 heterocycles. The first kappa shape index (κ1) is 43.7. The topological polar surface area (TPSA) is 120 Å². The van der Waals surface area contributed by atoms with Crippen molar-refractivity contribution in [2.24, 2.45) is 0 Å². The second-order valence-corrected chi connectivity index (χ2v) is 24.7. The second kappa shape index (κ2) is 16.8. The summed E-state index contributed by atoms with van der Waals surface area (Å²) in [7, 11) is -0.244. The fourth-order valence-corrected chi connectivity index (χ4v) is 8.82. The molecule has 1 saturated carbocycles. The maximum Gasteiger partial charge on any atom is 0.411 e. The van der Waals surface area contributed by atoms with Crippen LogP contribution in [0.4, 0.5) is 9.59 Å². The lowest BCUT2D eigenvalue weighted by Crippen LogP contribution is -2.66. The summed E-state index contributed by atoms with van der Waals surface area (Å²) in [6, 6.07) is 4.68. The van der Waals surface area contributed by atoms with Crippen LogP contribution < -0.4 is 4.74 Å². The first-order valence-electron chi connectivity index (χ1n) is 19.8. The van der Waals surface area contributed by atoms with Crippen molar-refractivity contribution in [3.8, 4) is 5.75 Å². The Bertz CT molecular complexity index is 1790. The molecular formula is C42H64N4O8SSi. The highest BCUT2D eigenvalue weighted by Gasteiger charge is 2.51. The quantitative estimate of drug-likeness (QED) is 0.153. The Labute approximate surface area is 339 Å². The van der Waals surface area contributed by atoms with Crippen molar-refractivity contribution in [1.82, 2.24) is 19.7 Å². The van der Waals surface area contributed by atoms with Crippen molar-refractivity contribution in [3.05, 3.63) is 51.0 Å². The van der Waals surface area contributed by atoms with Crippen molar-refractivity contribution in [2.75, 3.05) is 33.4 Å². The number of carbonyl (C=O) groups is 3. The van der Waals surface area contributed by atoms with Crippen LogP contribution >= 0.6 is 11.3 Å². The summed E-state index contributed by atoms with van der Waals surface area (Å²) in [5.41, 5.74) is 1.79. The molecular weight excluding hydrogens is 749 g/mol. The number of hydrogen-bond acceptors (Lipinski definition) is 10. The average molecular weight is 813 g/mol. The Hall–Kier alpha value is -3.46. The van der Waals surface area contributed by atoms with Crippen LogP contribution in [0.25, 0.3) is 5.57 Å². The molecule has 1 aliphatic carbocycles. The number of methoxy groups -OCH3 is 1. The molecule has 5 rings (SSSR count). The van der Waals surface area contributed by atoms with Crippen LogP contribution in [-0.2, 0) is 36.6 Å². The number of benzene rings is 1. The van der Waals surface area contributed by atoms with E-state index in [4.69, 9.17) is 28.4 Å². The molecule has 0 spiro atoms. The summed E-state index contributed by atoms with van der Waals surface area (Å²) in [6.07, 6.45) is 2.91. The van der Waals surface area contributed by atoms with Crippen molar-refractivity contribution in [1.29, 1.82) is 0 Å². The lowest BCUT2D eigenvalue weighted by atomic mass is 9.83. The summed E-state index contributed by atoms with van der Waals surface area (Å²) in [5.74, 6) is 0.593. The van der Waals surface area contributed by atoms with Gasteiger partial charge in [-0.25, -0.2) is 14.6 Å². The smallest absolute Gasteiger partial charge is 0.411 e. The SMILES string of the molecule is COc1cccc(CN(C(=O)C2=C(c3cnc(COCCO[Si](C)(C)C(C)(C)C)s3)CC3CN(C(=O)OC(C)(C)C)CC2N3C(=O)OC(C)(C)C)C2CC2)c1C. The normalized spacial score (nSPS) is 19.2. The molecule has 12 nitrogen and oxygen atoms in total. The largest absolute Gasteiger partial charge is 0.496 e. The van der Waals surface area contributed by atoms with Crippen LogP contribution in [0.1, 0.15) is 103 Å². The minimum Gasteiger partial charge on any atom is -0.496 e. The highest BCUT2D eigenvalue weighted by atomic mass is 32.1. The lowest BCUT2D eigenvalue weighted by Gasteiger charge is -2.51. The van der Waals surface area contributed by atoms with Crippen LogP contribution in [0.3, 0.4) is 0 Å². The third-order valence-corrected chi connectivity index (χ3v) is 16.5. The number of piperazine rings is 1. The van der Waals surface area contributed by atoms with Gasteiger partial charge in [0.2, 0.25) is 0 Å². The molecule has 2 atom stereocenters. The number of nitrogens with zero attached hydrogens (tertiary/aromatic N) is 4. The van der Waals surface area contributed by atoms with Gasteiger partial charge in [-0.3, -0.25) is 9.69 Å². The molecule has 310 valence electrons. The van der Waals surface area contributed by atoms with E-state index in [1.807, 2.05) is 77.8 Å². The third kappa shape index (κ3) is 10.5. The predicted octanol–water partition coefficient (Wildman–Crippen LogP) is 8.57. The second-order valence-electron chi connectivity index (χ2n) is 18.7. The number of ether oxygens (including phenoxy) is 4. The van der Waals surface area contributed by atoms with Gasteiger partial charge in [-0.1, -0.05) is 32.9 Å². The molecule has 1 saturated heterocycles. The van der Waals surface area contributed by atoms with Crippen molar-refractivity contribution >= 4 is 43.3 Å². The van der Waals surface area contributed by atoms with E-state index < -0.39 is 43.8 Å². The molecule has 2 unspecified atom stereocenters. The first-order chi connectivity index (χ1) is 26.0. The van der Waals surface area contributed by atoms with Crippen molar-refractivity contribution < 1.29 is 37.8 Å². The van der Waals surface area contributed by atoms with Gasteiger partial charge in [-0.2, -0.15) is 0 Å². The van der Waals surface area contributed by atoms with E-state index >= 15 is 4.79 Å². The van der Waals surface area contributed by atoms with E-state index in [0.29, 0.717) is 38.4 Å². The number of aromatic nitrogens is 1. The molecule has 2 bridgehead atoms. The Morgan fingerprint density at radius 1 is 0.946 bits per heavy atom. The molecule has 0 radical (unpaired) electrons. The van der Waals surface area contributed by atoms with Crippen LogP contribution in [0, 0.1) is 6.92 Å². The molecule has 1 aromatic carbocycles. The third-order valence-electron chi connectivity index (χ3n) is 10.9. The van der Waals surface area contributed by atoms with Gasteiger partial charge >= 0.3 is 12.2 Å². The molecule has 2 aromatic rings. The molecule has 3 amide bonds. The number of thiazole rings is 1. The summed E-state index contributed by atoms with van der Waals surface area (Å²) in [6.45, 7) is 26.1. The highest BCUT2D eigenvalue weighted by Crippen LogP contribution is 2.43. The number of rotatable bonds is 12. The molecule has 2 aliphatic heterocycles. The van der Waals surface area contributed by atoms with Gasteiger partial charge in [0.05, 0.1) is 43.9 Å². The number of amides is 3. The summed E-state index contributed by atoms with van der Waals surface area (Å²) >= 11 is 1.50. The van der Waals surface area contributed by atoms with Gasteiger partial charge in [-0.05, 0) is 109 Å². The fraction of sp³-hybridized carbons (Fsp3) is 0.667. The van der Waals surface area contributed by atoms with E-state index in [-0.39, 0.29) is 30.1 Å². The summed E-state index contributed by atoms with van der Waals surface area (Å²) in [4.78, 5) is 54.0. The van der Waals surface area contributed by atoms with E-state index in [1.165, 1.54) is 11.3 Å². The van der Waals surface area contributed by atoms with Gasteiger partial charge in [0, 0.05) is 37.4 Å². The Kier molecular flexibility index (Phi) is 13.1. The Morgan fingerprint density at radius 2 is 1.61 bits per heavy atom. The lowest BCUT2D eigenvalue weighted by molar-refractivity contribution is -0.129. The van der Waals surface area contributed by atoms with Gasteiger partial charge in [0.15, 0.2) is 8.32 Å². The van der Waals surface area contributed by atoms with Gasteiger partial charge in [0.25, 0.3) is 5.91 Å². The predicted molar refractivity (Wildman–Crippen MR) is 221 cm³/mol. The van der Waals surface area contributed by atoms with Crippen molar-refractivity contribution in [3.63, 3.8) is 0 Å². The summed E-state index contributed by atoms with van der Waals surface area (Å²) < 4.78 is 29.8. The van der Waals surface area contributed by atoms with Gasteiger partial charge < -0.3 is 33.2 Å². The number of hydrogen-bond donors (Lipinski definition) is 0. The van der Waals surface area contributed by atoms with Gasteiger partial charge in [0.1, 0.15) is 22.0 Å². The Morgan fingerprint density at radius 3 is 2.21 bits per heavy atom. The average Bonchev–Trinajstić information content (AvgIpc) is 3.81. The van der Waals surface area contributed by atoms with Crippen LogP contribution in [0.5, 0.6) is 5.75 Å². The zero-order chi connectivity index (χ0) is 41.4.